The third kappa shape index (κ3) is 4.33. The summed E-state index contributed by atoms with van der Waals surface area (Å²) in [5.74, 6) is -0.0766. The average molecular weight is 322 g/mol. The molecule has 0 aliphatic carbocycles. The third-order valence-electron chi connectivity index (χ3n) is 4.71. The third-order valence-corrected chi connectivity index (χ3v) is 4.71. The van der Waals surface area contributed by atoms with Gasteiger partial charge < -0.3 is 14.5 Å². The molecule has 6 heteroatoms. The summed E-state index contributed by atoms with van der Waals surface area (Å²) in [7, 11) is 0. The summed E-state index contributed by atoms with van der Waals surface area (Å²) in [6.45, 7) is 6.41. The molecule has 0 spiro atoms. The molecule has 1 fully saturated rings. The van der Waals surface area contributed by atoms with Crippen molar-refractivity contribution in [2.45, 2.75) is 65.3 Å². The fourth-order valence-corrected chi connectivity index (χ4v) is 3.35. The Labute approximate surface area is 136 Å². The van der Waals surface area contributed by atoms with Gasteiger partial charge in [-0.05, 0) is 46.0 Å². The Kier molecular flexibility index (Phi) is 5.80. The minimum atomic E-state index is -0.799. The molecule has 0 saturated carbocycles. The van der Waals surface area contributed by atoms with E-state index in [0.717, 1.165) is 42.8 Å². The van der Waals surface area contributed by atoms with Crippen molar-refractivity contribution in [3.05, 3.63) is 17.0 Å². The Morgan fingerprint density at radius 2 is 2.13 bits per heavy atom. The summed E-state index contributed by atoms with van der Waals surface area (Å²) in [4.78, 5) is 25.5. The van der Waals surface area contributed by atoms with E-state index in [4.69, 9.17) is 9.63 Å². The minimum Gasteiger partial charge on any atom is -0.481 e. The van der Waals surface area contributed by atoms with E-state index in [1.165, 1.54) is 0 Å². The second-order valence-corrected chi connectivity index (χ2v) is 6.52. The number of aliphatic carboxylic acids is 1. The number of nitrogens with zero attached hydrogens (tertiary/aromatic N) is 2. The van der Waals surface area contributed by atoms with Gasteiger partial charge in [0.2, 0.25) is 5.91 Å². The van der Waals surface area contributed by atoms with Crippen molar-refractivity contribution < 1.29 is 19.2 Å². The van der Waals surface area contributed by atoms with Gasteiger partial charge in [-0.25, -0.2) is 0 Å². The molecule has 6 nitrogen and oxygen atoms in total. The van der Waals surface area contributed by atoms with Crippen LogP contribution in [0, 0.1) is 19.8 Å². The largest absolute Gasteiger partial charge is 0.481 e. The Bertz CT molecular complexity index is 547. The molecule has 0 radical (unpaired) electrons. The summed E-state index contributed by atoms with van der Waals surface area (Å²) in [5.41, 5.74) is 1.84. The van der Waals surface area contributed by atoms with E-state index in [-0.39, 0.29) is 24.3 Å². The highest BCUT2D eigenvalue weighted by atomic mass is 16.5. The molecular formula is C17H26N2O4. The van der Waals surface area contributed by atoms with Crippen LogP contribution in [0.2, 0.25) is 0 Å². The lowest BCUT2D eigenvalue weighted by Gasteiger charge is -2.37. The number of likely N-dealkylation sites (tertiary alicyclic amines) is 1. The lowest BCUT2D eigenvalue weighted by molar-refractivity contribution is -0.142. The van der Waals surface area contributed by atoms with Gasteiger partial charge in [0.15, 0.2) is 0 Å². The molecule has 2 atom stereocenters. The van der Waals surface area contributed by atoms with Crippen LogP contribution in [0.25, 0.3) is 0 Å². The van der Waals surface area contributed by atoms with Crippen LogP contribution in [0.4, 0.5) is 0 Å². The zero-order valence-corrected chi connectivity index (χ0v) is 14.2. The number of amides is 1. The summed E-state index contributed by atoms with van der Waals surface area (Å²) in [6.07, 6.45) is 4.23. The van der Waals surface area contributed by atoms with Crippen LogP contribution in [-0.2, 0) is 16.0 Å². The van der Waals surface area contributed by atoms with Crippen LogP contribution in [-0.4, -0.2) is 39.6 Å². The molecule has 1 amide bonds. The molecule has 1 N–H and O–H groups in total. The Morgan fingerprint density at radius 1 is 1.39 bits per heavy atom. The summed E-state index contributed by atoms with van der Waals surface area (Å²) < 4.78 is 5.17. The zero-order chi connectivity index (χ0) is 17.0. The maximum absolute atomic E-state index is 12.8. The van der Waals surface area contributed by atoms with Crippen LogP contribution in [0.5, 0.6) is 0 Å². The lowest BCUT2D eigenvalue weighted by Crippen LogP contribution is -2.46. The SMILES string of the molecule is Cc1noc(C)c1C[C@@H](C)C(=O)N1CCCC[C@@H]1CCC(=O)O. The first-order valence-corrected chi connectivity index (χ1v) is 8.34. The predicted molar refractivity (Wildman–Crippen MR) is 85.1 cm³/mol. The van der Waals surface area contributed by atoms with E-state index in [1.807, 2.05) is 25.7 Å². The lowest BCUT2D eigenvalue weighted by atomic mass is 9.93. The second-order valence-electron chi connectivity index (χ2n) is 6.52. The number of carboxylic acids is 1. The van der Waals surface area contributed by atoms with E-state index >= 15 is 0 Å². The number of piperidine rings is 1. The first-order chi connectivity index (χ1) is 10.9. The first-order valence-electron chi connectivity index (χ1n) is 8.34. The van der Waals surface area contributed by atoms with Gasteiger partial charge in [-0.3, -0.25) is 9.59 Å². The molecule has 23 heavy (non-hydrogen) atoms. The molecule has 1 aromatic rings. The summed E-state index contributed by atoms with van der Waals surface area (Å²) >= 11 is 0. The number of carbonyl (C=O) groups is 2. The number of aryl methyl sites for hydroxylation is 2. The Hall–Kier alpha value is -1.85. The number of aromatic nitrogens is 1. The number of carboxylic acid groups (broad SMARTS) is 1. The maximum Gasteiger partial charge on any atom is 0.303 e. The standard InChI is InChI=1S/C17H26N2O4/c1-11(10-15-12(2)18-23-13(15)3)17(22)19-9-5-4-6-14(19)7-8-16(20)21/h11,14H,4-10H2,1-3H3,(H,20,21)/t11-,14-/m1/s1. The van der Waals surface area contributed by atoms with Crippen LogP contribution < -0.4 is 0 Å². The van der Waals surface area contributed by atoms with Gasteiger partial charge in [0.05, 0.1) is 5.69 Å². The molecule has 128 valence electrons. The van der Waals surface area contributed by atoms with Gasteiger partial charge in [0, 0.05) is 30.5 Å². The van der Waals surface area contributed by atoms with E-state index in [9.17, 15) is 9.59 Å². The van der Waals surface area contributed by atoms with E-state index in [1.54, 1.807) is 0 Å². The van der Waals surface area contributed by atoms with Gasteiger partial charge in [0.1, 0.15) is 5.76 Å². The Balaban J connectivity index is 2.02. The van der Waals surface area contributed by atoms with Gasteiger partial charge in [-0.1, -0.05) is 12.1 Å². The van der Waals surface area contributed by atoms with E-state index in [2.05, 4.69) is 5.16 Å². The molecule has 1 saturated heterocycles. The van der Waals surface area contributed by atoms with Crippen molar-refractivity contribution in [2.75, 3.05) is 6.54 Å². The van der Waals surface area contributed by atoms with E-state index < -0.39 is 5.97 Å². The highest BCUT2D eigenvalue weighted by Crippen LogP contribution is 2.25. The highest BCUT2D eigenvalue weighted by Gasteiger charge is 2.30. The number of hydrogen-bond acceptors (Lipinski definition) is 4. The average Bonchev–Trinajstić information content (AvgIpc) is 2.84. The molecule has 1 aliphatic heterocycles. The van der Waals surface area contributed by atoms with Crippen LogP contribution in [0.15, 0.2) is 4.52 Å². The fraction of sp³-hybridized carbons (Fsp3) is 0.706. The molecule has 2 heterocycles. The fourth-order valence-electron chi connectivity index (χ4n) is 3.35. The summed E-state index contributed by atoms with van der Waals surface area (Å²) in [5, 5.41) is 12.8. The number of carbonyl (C=O) groups excluding carboxylic acids is 1. The second kappa shape index (κ2) is 7.62. The van der Waals surface area contributed by atoms with Gasteiger partial charge >= 0.3 is 5.97 Å². The zero-order valence-electron chi connectivity index (χ0n) is 14.2. The summed E-state index contributed by atoms with van der Waals surface area (Å²) in [6, 6.07) is 0.0551. The quantitative estimate of drug-likeness (QED) is 0.870. The number of hydrogen-bond donors (Lipinski definition) is 1. The maximum atomic E-state index is 12.8. The van der Waals surface area contributed by atoms with Gasteiger partial charge in [-0.15, -0.1) is 0 Å². The van der Waals surface area contributed by atoms with Crippen molar-refractivity contribution in [1.82, 2.24) is 10.1 Å². The number of rotatable bonds is 6. The molecule has 0 bridgehead atoms. The topological polar surface area (TPSA) is 83.6 Å². The molecular weight excluding hydrogens is 296 g/mol. The van der Waals surface area contributed by atoms with Gasteiger partial charge in [-0.2, -0.15) is 0 Å². The smallest absolute Gasteiger partial charge is 0.303 e. The monoisotopic (exact) mass is 322 g/mol. The van der Waals surface area contributed by atoms with Crippen molar-refractivity contribution in [3.8, 4) is 0 Å². The van der Waals surface area contributed by atoms with Crippen molar-refractivity contribution >= 4 is 11.9 Å². The highest BCUT2D eigenvalue weighted by molar-refractivity contribution is 5.79. The van der Waals surface area contributed by atoms with Crippen LogP contribution in [0.3, 0.4) is 0 Å². The molecule has 1 aromatic heterocycles. The van der Waals surface area contributed by atoms with Crippen LogP contribution >= 0.6 is 0 Å². The first kappa shape index (κ1) is 17.5. The van der Waals surface area contributed by atoms with Crippen LogP contribution in [0.1, 0.15) is 56.0 Å². The van der Waals surface area contributed by atoms with E-state index in [0.29, 0.717) is 12.8 Å². The molecule has 0 aromatic carbocycles. The van der Waals surface area contributed by atoms with Gasteiger partial charge in [0.25, 0.3) is 0 Å². The van der Waals surface area contributed by atoms with Crippen molar-refractivity contribution in [2.24, 2.45) is 5.92 Å². The normalized spacial score (nSPS) is 19.6. The molecule has 2 rings (SSSR count). The predicted octanol–water partition coefficient (Wildman–Crippen LogP) is 2.72. The Morgan fingerprint density at radius 3 is 2.74 bits per heavy atom. The van der Waals surface area contributed by atoms with Crippen molar-refractivity contribution in [1.29, 1.82) is 0 Å². The molecule has 1 aliphatic rings. The minimum absolute atomic E-state index is 0.0551. The van der Waals surface area contributed by atoms with Crippen molar-refractivity contribution in [3.63, 3.8) is 0 Å². The molecule has 0 unspecified atom stereocenters.